The Kier molecular flexibility index (Phi) is 26.8. The fraction of sp³-hybridized carbons (Fsp3) is 0.615. The number of carbonyl (C=O) groups is 6. The fourth-order valence-corrected chi connectivity index (χ4v) is 5.50. The second kappa shape index (κ2) is 29.6. The standard InChI is InChI=1S/C39H60N6O15.Fe/c1-25-13-19-58-37(52)31(40-28(4)46)11-8-17-44(56)35(50)23-27(3)15-21-60-39(54)33(42-30(6)48)12-9-18-45(57)36(51)24-26(2)14-20-59-38(53)32(41-29(5)47)10-7-16-43(55)34(49)22-25;/h22-24,31-33,55-57H,7-21H2,1-6H3,(H3,40,41,42,46,47,48);/p+3/b25-22-,26-24-,27-23-;/t31-,32-,33-;/m0./s1. The molecule has 22 heteroatoms. The molecule has 0 aromatic rings. The Morgan fingerprint density at radius 3 is 0.967 bits per heavy atom. The van der Waals surface area contributed by atoms with Crippen LogP contribution in [0.5, 0.6) is 0 Å². The van der Waals surface area contributed by atoms with Gasteiger partial charge in [-0.25, -0.2) is 14.4 Å². The first kappa shape index (κ1) is 55.4. The molecule has 0 aromatic carbocycles. The molecule has 0 saturated heterocycles. The molecular weight excluding hydrogens is 848 g/mol. The smallest absolute Gasteiger partial charge is 0.408 e. The van der Waals surface area contributed by atoms with Crippen LogP contribution in [0.3, 0.4) is 0 Å². The number of hydroxylamine groups is 3. The van der Waals surface area contributed by atoms with E-state index in [9.17, 15) is 59.7 Å². The summed E-state index contributed by atoms with van der Waals surface area (Å²) in [5, 5.41) is 69.8. The molecule has 0 unspecified atom stereocenters. The molecule has 0 spiro atoms. The van der Waals surface area contributed by atoms with Gasteiger partial charge in [0, 0.05) is 90.6 Å². The second-order valence-corrected chi connectivity index (χ2v) is 14.4. The van der Waals surface area contributed by atoms with Crippen molar-refractivity contribution < 1.29 is 105 Å². The first-order chi connectivity index (χ1) is 28.2. The molecule has 344 valence electrons. The van der Waals surface area contributed by atoms with Gasteiger partial charge in [-0.15, -0.1) is 0 Å². The van der Waals surface area contributed by atoms with E-state index in [0.717, 1.165) is 0 Å². The van der Waals surface area contributed by atoms with E-state index < -0.39 is 71.4 Å². The Hall–Kier alpha value is -5.63. The number of rotatable bonds is 3. The minimum absolute atomic E-state index is 0. The van der Waals surface area contributed by atoms with Gasteiger partial charge >= 0.3 is 35.6 Å². The summed E-state index contributed by atoms with van der Waals surface area (Å²) in [6, 6.07) is -3.23. The zero-order valence-electron chi connectivity index (χ0n) is 35.6. The maximum Gasteiger partial charge on any atom is 0.408 e. The third kappa shape index (κ3) is 24.3. The van der Waals surface area contributed by atoms with Gasteiger partial charge in [0.15, 0.2) is 19.6 Å². The Morgan fingerprint density at radius 2 is 0.754 bits per heavy atom. The summed E-state index contributed by atoms with van der Waals surface area (Å²) in [7, 11) is 0. The van der Waals surface area contributed by atoms with Crippen LogP contribution < -0.4 is 16.0 Å². The van der Waals surface area contributed by atoms with Crippen molar-refractivity contribution in [2.45, 2.75) is 117 Å². The van der Waals surface area contributed by atoms with E-state index in [1.165, 1.54) is 39.0 Å². The van der Waals surface area contributed by atoms with Crippen LogP contribution in [0.25, 0.3) is 0 Å². The number of nitrogens with zero attached hydrogens (tertiary/aromatic N) is 3. The zero-order chi connectivity index (χ0) is 45.4. The second-order valence-electron chi connectivity index (χ2n) is 14.4. The van der Waals surface area contributed by atoms with Gasteiger partial charge in [0.1, 0.15) is 18.1 Å². The third-order valence-electron chi connectivity index (χ3n) is 8.72. The monoisotopic (exact) mass is 911 g/mol. The van der Waals surface area contributed by atoms with E-state index >= 15 is 0 Å². The van der Waals surface area contributed by atoms with E-state index in [0.29, 0.717) is 30.9 Å². The van der Waals surface area contributed by atoms with Gasteiger partial charge < -0.3 is 45.5 Å². The number of ether oxygens (including phenoxy) is 3. The summed E-state index contributed by atoms with van der Waals surface area (Å²) in [6.45, 7) is 7.66. The van der Waals surface area contributed by atoms with Crippen molar-refractivity contribution in [1.29, 1.82) is 0 Å². The van der Waals surface area contributed by atoms with Crippen LogP contribution in [0.15, 0.2) is 34.9 Å². The number of hydrogen-bond acceptors (Lipinski definition) is 12. The van der Waals surface area contributed by atoms with Crippen LogP contribution in [0.1, 0.15) is 99.3 Å². The minimum atomic E-state index is -1.08. The van der Waals surface area contributed by atoms with Crippen LogP contribution in [0, 0.1) is 0 Å². The quantitative estimate of drug-likeness (QED) is 0.0639. The van der Waals surface area contributed by atoms with E-state index in [2.05, 4.69) is 16.0 Å². The van der Waals surface area contributed by atoms with Crippen LogP contribution in [-0.2, 0) is 60.0 Å². The molecule has 0 saturated carbocycles. The van der Waals surface area contributed by atoms with Crippen molar-refractivity contribution in [2.24, 2.45) is 0 Å². The summed E-state index contributed by atoms with van der Waals surface area (Å²) < 4.78 is 17.6. The van der Waals surface area contributed by atoms with E-state index in [4.69, 9.17) is 14.2 Å². The molecule has 1 aliphatic rings. The molecule has 3 atom stereocenters. The summed E-state index contributed by atoms with van der Waals surface area (Å²) in [5.74, 6) is -5.37. The maximum absolute atomic E-state index is 12.8. The molecule has 21 nitrogen and oxygen atoms in total. The van der Waals surface area contributed by atoms with Crippen LogP contribution in [-0.4, -0.2) is 156 Å². The minimum Gasteiger partial charge on any atom is -0.464 e. The molecule has 1 aliphatic heterocycles. The van der Waals surface area contributed by atoms with E-state index in [1.54, 1.807) is 20.8 Å². The number of carbonyl (C=O) groups excluding carboxylic acids is 6. The number of hydrogen-bond donors (Lipinski definition) is 9. The predicted octanol–water partition coefficient (Wildman–Crippen LogP) is 1.57. The van der Waals surface area contributed by atoms with Crippen LogP contribution in [0.4, 0.5) is 0 Å². The van der Waals surface area contributed by atoms with Crippen molar-refractivity contribution in [2.75, 3.05) is 39.5 Å². The first-order valence-electron chi connectivity index (χ1n) is 19.6. The van der Waals surface area contributed by atoms with Crippen molar-refractivity contribution in [3.05, 3.63) is 34.9 Å². The first-order valence-corrected chi connectivity index (χ1v) is 19.6. The summed E-state index contributed by atoms with van der Waals surface area (Å²) in [5.41, 5.74) is 1.54. The number of aliphatic hydroxyl groups is 3. The van der Waals surface area contributed by atoms with Gasteiger partial charge in [-0.2, -0.15) is 0 Å². The molecule has 1 rings (SSSR count). The molecule has 1 heterocycles. The van der Waals surface area contributed by atoms with Gasteiger partial charge in [-0.1, -0.05) is 16.7 Å². The number of cyclic esters (lactones) is 3. The number of nitrogens with one attached hydrogen (secondary N) is 3. The van der Waals surface area contributed by atoms with Gasteiger partial charge in [0.25, 0.3) is 0 Å². The molecule has 0 radical (unpaired) electrons. The average Bonchev–Trinajstić information content (AvgIpc) is 3.15. The number of esters is 3. The van der Waals surface area contributed by atoms with Crippen LogP contribution >= 0.6 is 0 Å². The number of aliphatic hydroxyl groups excluding tert-OH is 3. The molecule has 0 aromatic heterocycles. The van der Waals surface area contributed by atoms with E-state index in [-0.39, 0.29) is 114 Å². The fourth-order valence-electron chi connectivity index (χ4n) is 5.50. The van der Waals surface area contributed by atoms with Crippen LogP contribution in [0.2, 0.25) is 0 Å². The molecule has 61 heavy (non-hydrogen) atoms. The summed E-state index contributed by atoms with van der Waals surface area (Å²) >= 11 is 0. The molecule has 9 N–H and O–H groups in total. The molecule has 0 bridgehead atoms. The van der Waals surface area contributed by atoms with Crippen molar-refractivity contribution in [1.82, 2.24) is 16.0 Å². The Bertz CT molecular complexity index is 1530. The van der Waals surface area contributed by atoms with Gasteiger partial charge in [0.2, 0.25) is 17.7 Å². The zero-order valence-corrected chi connectivity index (χ0v) is 36.7. The van der Waals surface area contributed by atoms with Gasteiger partial charge in [-0.3, -0.25) is 30.0 Å². The molecule has 0 fully saturated rings. The summed E-state index contributed by atoms with van der Waals surface area (Å²) in [4.78, 5) is 73.8. The Labute approximate surface area is 365 Å². The third-order valence-corrected chi connectivity index (χ3v) is 8.72. The SMILES string of the molecule is CC(=O)N[C@H]1CCC[N+](O)=C(O)/C=C(/C)CCOC(=O)[C@@H](NC(C)=O)CCC[N+](O)=C(O)/C=C(/C)CCOC(=O)[C@@H](NC(C)=O)CCC[N+](O)=C(O)/C=C(/C)CCOC1=O.[Fe]. The molecular formula is C39H63FeN6O15+3. The largest absolute Gasteiger partial charge is 0.464 e. The summed E-state index contributed by atoms with van der Waals surface area (Å²) in [6.07, 6.45) is 4.66. The van der Waals surface area contributed by atoms with Crippen molar-refractivity contribution >= 4 is 53.3 Å². The molecule has 3 amide bonds. The van der Waals surface area contributed by atoms with Crippen molar-refractivity contribution in [3.8, 4) is 0 Å². The normalized spacial score (nSPS) is 24.4. The average molecular weight is 912 g/mol. The maximum atomic E-state index is 12.8. The molecule has 0 aliphatic carbocycles. The topological polar surface area (TPSA) is 297 Å². The predicted molar refractivity (Wildman–Crippen MR) is 212 cm³/mol. The Balaban J connectivity index is 0.0000360. The number of amides is 3. The van der Waals surface area contributed by atoms with Crippen molar-refractivity contribution in [3.63, 3.8) is 0 Å². The van der Waals surface area contributed by atoms with Gasteiger partial charge in [-0.05, 0) is 40.0 Å². The van der Waals surface area contributed by atoms with Gasteiger partial charge in [0.05, 0.1) is 38.0 Å². The Morgan fingerprint density at radius 1 is 0.525 bits per heavy atom. The van der Waals surface area contributed by atoms with E-state index in [1.807, 2.05) is 0 Å².